The van der Waals surface area contributed by atoms with E-state index in [9.17, 15) is 9.59 Å². The van der Waals surface area contributed by atoms with Crippen molar-refractivity contribution in [3.63, 3.8) is 0 Å². The van der Waals surface area contributed by atoms with Gasteiger partial charge < -0.3 is 25.8 Å². The van der Waals surface area contributed by atoms with E-state index < -0.39 is 5.97 Å². The van der Waals surface area contributed by atoms with Crippen LogP contribution in [0, 0.1) is 5.92 Å². The molecule has 2 fully saturated rings. The van der Waals surface area contributed by atoms with Crippen molar-refractivity contribution >= 4 is 40.5 Å². The van der Waals surface area contributed by atoms with Gasteiger partial charge in [-0.15, -0.1) is 0 Å². The Morgan fingerprint density at radius 3 is 2.61 bits per heavy atom. The quantitative estimate of drug-likeness (QED) is 0.124. The maximum atomic E-state index is 12.6. The first-order chi connectivity index (χ1) is 20.0. The van der Waals surface area contributed by atoms with Gasteiger partial charge in [-0.1, -0.05) is 35.5 Å². The number of pyridine rings is 1. The van der Waals surface area contributed by atoms with Crippen LogP contribution in [0.3, 0.4) is 0 Å². The fraction of sp³-hybridized carbons (Fsp3) is 0.300. The highest BCUT2D eigenvalue weighted by atomic mass is 16.7. The molecule has 2 aromatic heterocycles. The largest absolute Gasteiger partial charge is 0.384 e. The van der Waals surface area contributed by atoms with Crippen molar-refractivity contribution in [2.75, 3.05) is 31.5 Å². The summed E-state index contributed by atoms with van der Waals surface area (Å²) in [5, 5.41) is 7.01. The fourth-order valence-electron chi connectivity index (χ4n) is 4.92. The molecule has 0 unspecified atom stereocenters. The number of H-pyrrole nitrogens is 1. The minimum atomic E-state index is -0.612. The number of amides is 1. The number of amidine groups is 1. The van der Waals surface area contributed by atoms with Gasteiger partial charge in [0, 0.05) is 51.3 Å². The predicted molar refractivity (Wildman–Crippen MR) is 155 cm³/mol. The van der Waals surface area contributed by atoms with Crippen molar-refractivity contribution in [1.29, 1.82) is 0 Å². The molecule has 11 heteroatoms. The summed E-state index contributed by atoms with van der Waals surface area (Å²) < 4.78 is 0. The molecular formula is C30H32N8O3. The lowest BCUT2D eigenvalue weighted by Gasteiger charge is -2.34. The second-order valence-electron chi connectivity index (χ2n) is 10.5. The Labute approximate surface area is 237 Å². The number of hydrogen-bond donors (Lipinski definition) is 3. The number of benzene rings is 2. The van der Waals surface area contributed by atoms with Crippen molar-refractivity contribution in [2.24, 2.45) is 16.8 Å². The van der Waals surface area contributed by atoms with Gasteiger partial charge >= 0.3 is 5.97 Å². The number of imidazole rings is 1. The van der Waals surface area contributed by atoms with Crippen molar-refractivity contribution in [3.05, 3.63) is 83.6 Å². The summed E-state index contributed by atoms with van der Waals surface area (Å²) in [5.74, 6) is 1.36. The molecule has 3 heterocycles. The van der Waals surface area contributed by atoms with Gasteiger partial charge in [0.05, 0.1) is 16.6 Å². The number of aromatic amines is 1. The zero-order valence-electron chi connectivity index (χ0n) is 22.6. The lowest BCUT2D eigenvalue weighted by atomic mass is 10.1. The summed E-state index contributed by atoms with van der Waals surface area (Å²) in [5.41, 5.74) is 9.69. The molecule has 1 aliphatic carbocycles. The predicted octanol–water partition coefficient (Wildman–Crippen LogP) is 3.43. The molecule has 41 heavy (non-hydrogen) atoms. The van der Waals surface area contributed by atoms with E-state index >= 15 is 0 Å². The summed E-state index contributed by atoms with van der Waals surface area (Å²) in [6, 6.07) is 18.6. The molecule has 4 aromatic rings. The molecule has 6 rings (SSSR count). The monoisotopic (exact) mass is 552 g/mol. The van der Waals surface area contributed by atoms with E-state index in [0.29, 0.717) is 40.7 Å². The van der Waals surface area contributed by atoms with E-state index in [1.807, 2.05) is 47.4 Å². The summed E-state index contributed by atoms with van der Waals surface area (Å²) in [6.45, 7) is 4.08. The van der Waals surface area contributed by atoms with Gasteiger partial charge in [-0.05, 0) is 54.3 Å². The summed E-state index contributed by atoms with van der Waals surface area (Å²) >= 11 is 0. The SMILES string of the molecule is NC(Cc1ccccc1)=NOC(=O)c1ccc2nc(Nc3cc(CN4CCN(C(=O)C5CC5)CC4)ccn3)[nH]c2c1. The van der Waals surface area contributed by atoms with E-state index in [1.165, 1.54) is 0 Å². The van der Waals surface area contributed by atoms with Crippen LogP contribution in [0.15, 0.2) is 72.0 Å². The first kappa shape index (κ1) is 26.5. The Morgan fingerprint density at radius 2 is 1.83 bits per heavy atom. The van der Waals surface area contributed by atoms with Crippen LogP contribution < -0.4 is 11.1 Å². The molecule has 1 aliphatic heterocycles. The average Bonchev–Trinajstić information content (AvgIpc) is 3.76. The number of aromatic nitrogens is 3. The molecule has 0 bridgehead atoms. The standard InChI is InChI=1S/C30H32N8O3/c31-26(16-20-4-2-1-3-5-20)36-41-29(40)23-8-9-24-25(18-23)34-30(33-24)35-27-17-21(10-11-32-27)19-37-12-14-38(15-13-37)28(39)22-6-7-22/h1-5,8-11,17-18,22H,6-7,12-16,19H2,(H2,31,36)(H2,32,33,34,35). The third kappa shape index (κ3) is 6.69. The fourth-order valence-corrected chi connectivity index (χ4v) is 4.92. The highest BCUT2D eigenvalue weighted by molar-refractivity contribution is 5.94. The number of carbonyl (C=O) groups is 2. The van der Waals surface area contributed by atoms with Crippen molar-refractivity contribution < 1.29 is 14.4 Å². The third-order valence-corrected chi connectivity index (χ3v) is 7.28. The minimum absolute atomic E-state index is 0.208. The van der Waals surface area contributed by atoms with Crippen LogP contribution in [0.5, 0.6) is 0 Å². The molecule has 2 aromatic carbocycles. The van der Waals surface area contributed by atoms with Crippen LogP contribution in [-0.4, -0.2) is 68.6 Å². The lowest BCUT2D eigenvalue weighted by Crippen LogP contribution is -2.48. The van der Waals surface area contributed by atoms with Crippen molar-refractivity contribution in [2.45, 2.75) is 25.8 Å². The van der Waals surface area contributed by atoms with Crippen LogP contribution in [0.25, 0.3) is 11.0 Å². The highest BCUT2D eigenvalue weighted by Gasteiger charge is 2.34. The van der Waals surface area contributed by atoms with Crippen LogP contribution >= 0.6 is 0 Å². The van der Waals surface area contributed by atoms with E-state index in [0.717, 1.165) is 56.7 Å². The normalized spacial score (nSPS) is 16.1. The second kappa shape index (κ2) is 11.8. The second-order valence-corrected chi connectivity index (χ2v) is 10.5. The summed E-state index contributed by atoms with van der Waals surface area (Å²) in [6.07, 6.45) is 4.25. The zero-order valence-corrected chi connectivity index (χ0v) is 22.6. The minimum Gasteiger partial charge on any atom is -0.384 e. The van der Waals surface area contributed by atoms with Crippen molar-refractivity contribution in [3.8, 4) is 0 Å². The Balaban J connectivity index is 1.05. The number of nitrogens with zero attached hydrogens (tertiary/aromatic N) is 5. The number of nitrogens with two attached hydrogens (primary N) is 1. The topological polar surface area (TPSA) is 142 Å². The van der Waals surface area contributed by atoms with E-state index in [2.05, 4.69) is 30.3 Å². The number of oxime groups is 1. The van der Waals surface area contributed by atoms with Gasteiger partial charge in [0.25, 0.3) is 0 Å². The number of anilines is 2. The number of fused-ring (bicyclic) bond motifs is 1. The first-order valence-electron chi connectivity index (χ1n) is 13.8. The number of rotatable bonds is 9. The Bertz CT molecular complexity index is 1570. The van der Waals surface area contributed by atoms with Gasteiger partial charge in [-0.3, -0.25) is 9.69 Å². The van der Waals surface area contributed by atoms with Gasteiger partial charge in [-0.25, -0.2) is 14.8 Å². The number of carbonyl (C=O) groups excluding carboxylic acids is 2. The Morgan fingerprint density at radius 1 is 1.02 bits per heavy atom. The molecule has 11 nitrogen and oxygen atoms in total. The number of hydrogen-bond acceptors (Lipinski definition) is 8. The van der Waals surface area contributed by atoms with Gasteiger partial charge in [-0.2, -0.15) is 0 Å². The van der Waals surface area contributed by atoms with E-state index in [-0.39, 0.29) is 11.8 Å². The smallest absolute Gasteiger partial charge is 0.365 e. The number of piperazine rings is 1. The molecule has 1 amide bonds. The van der Waals surface area contributed by atoms with E-state index in [4.69, 9.17) is 10.6 Å². The highest BCUT2D eigenvalue weighted by Crippen LogP contribution is 2.31. The Kier molecular flexibility index (Phi) is 7.59. The maximum Gasteiger partial charge on any atom is 0.365 e. The van der Waals surface area contributed by atoms with Gasteiger partial charge in [0.15, 0.2) is 0 Å². The lowest BCUT2D eigenvalue weighted by molar-refractivity contribution is -0.134. The van der Waals surface area contributed by atoms with Gasteiger partial charge in [0.2, 0.25) is 11.9 Å². The van der Waals surface area contributed by atoms with Crippen molar-refractivity contribution in [1.82, 2.24) is 24.8 Å². The zero-order chi connectivity index (χ0) is 28.2. The third-order valence-electron chi connectivity index (χ3n) is 7.28. The molecule has 0 radical (unpaired) electrons. The van der Waals surface area contributed by atoms with E-state index in [1.54, 1.807) is 24.4 Å². The average molecular weight is 553 g/mol. The van der Waals surface area contributed by atoms with Crippen LogP contribution in [0.2, 0.25) is 0 Å². The molecule has 0 atom stereocenters. The van der Waals surface area contributed by atoms with Crippen LogP contribution in [0.1, 0.15) is 34.3 Å². The van der Waals surface area contributed by atoms with Crippen LogP contribution in [0.4, 0.5) is 11.8 Å². The molecule has 4 N–H and O–H groups in total. The molecule has 2 aliphatic rings. The molecule has 1 saturated carbocycles. The molecule has 1 saturated heterocycles. The van der Waals surface area contributed by atoms with Gasteiger partial charge in [0.1, 0.15) is 11.7 Å². The van der Waals surface area contributed by atoms with Crippen LogP contribution in [-0.2, 0) is 22.6 Å². The summed E-state index contributed by atoms with van der Waals surface area (Å²) in [7, 11) is 0. The Hall–Kier alpha value is -4.77. The summed E-state index contributed by atoms with van der Waals surface area (Å²) in [4.78, 5) is 46.5. The number of nitrogens with one attached hydrogen (secondary N) is 2. The molecule has 210 valence electrons. The molecule has 0 spiro atoms. The maximum absolute atomic E-state index is 12.6. The first-order valence-corrected chi connectivity index (χ1v) is 13.8. The molecular weight excluding hydrogens is 520 g/mol.